The first kappa shape index (κ1) is 12.1. The lowest BCUT2D eigenvalue weighted by Crippen LogP contribution is -2.22. The van der Waals surface area contributed by atoms with E-state index in [-0.39, 0.29) is 5.91 Å². The molecule has 2 aromatic rings. The summed E-state index contributed by atoms with van der Waals surface area (Å²) in [7, 11) is 0. The molecule has 1 amide bonds. The average Bonchev–Trinajstić information content (AvgIpc) is 2.99. The molecule has 1 heterocycles. The maximum absolute atomic E-state index is 11.8. The summed E-state index contributed by atoms with van der Waals surface area (Å²) in [4.78, 5) is 12.5. The van der Waals surface area contributed by atoms with Crippen LogP contribution >= 0.6 is 11.3 Å². The van der Waals surface area contributed by atoms with Gasteiger partial charge in [-0.15, -0.1) is 11.3 Å². The van der Waals surface area contributed by atoms with E-state index < -0.39 is 0 Å². The second-order valence-corrected chi connectivity index (χ2v) is 5.49. The summed E-state index contributed by atoms with van der Waals surface area (Å²) >= 11 is 1.42. The van der Waals surface area contributed by atoms with Crippen LogP contribution in [-0.2, 0) is 12.8 Å². The predicted octanol–water partition coefficient (Wildman–Crippen LogP) is 3.02. The monoisotopic (exact) mass is 270 g/mol. The highest BCUT2D eigenvalue weighted by Gasteiger charge is 2.14. The number of aryl methyl sites for hydroxylation is 1. The van der Waals surface area contributed by atoms with Crippen molar-refractivity contribution in [2.75, 3.05) is 0 Å². The summed E-state index contributed by atoms with van der Waals surface area (Å²) in [6, 6.07) is 12.1. The van der Waals surface area contributed by atoms with Crippen molar-refractivity contribution < 1.29 is 4.79 Å². The fourth-order valence-corrected chi connectivity index (χ4v) is 2.86. The number of fused-ring (bicyclic) bond motifs is 1. The Morgan fingerprint density at radius 2 is 1.95 bits per heavy atom. The van der Waals surface area contributed by atoms with Crippen molar-refractivity contribution in [3.05, 3.63) is 57.8 Å². The van der Waals surface area contributed by atoms with Crippen LogP contribution in [0.25, 0.3) is 0 Å². The van der Waals surface area contributed by atoms with Crippen LogP contribution in [0.2, 0.25) is 0 Å². The predicted molar refractivity (Wildman–Crippen MR) is 77.7 cm³/mol. The number of hydrogen-bond acceptors (Lipinski definition) is 3. The average molecular weight is 270 g/mol. The molecule has 0 fully saturated rings. The zero-order valence-electron chi connectivity index (χ0n) is 10.4. The lowest BCUT2D eigenvalue weighted by Gasteiger charge is -2.17. The van der Waals surface area contributed by atoms with Crippen LogP contribution in [0.15, 0.2) is 46.9 Å². The molecule has 1 aliphatic carbocycles. The Morgan fingerprint density at radius 1 is 1.11 bits per heavy atom. The van der Waals surface area contributed by atoms with Crippen molar-refractivity contribution in [3.63, 3.8) is 0 Å². The summed E-state index contributed by atoms with van der Waals surface area (Å²) < 4.78 is 0. The molecule has 1 N–H and O–H groups in total. The Hall–Kier alpha value is -1.94. The number of carbonyl (C=O) groups excluding carboxylic acids is 1. The van der Waals surface area contributed by atoms with Crippen LogP contribution in [0.4, 0.5) is 0 Å². The van der Waals surface area contributed by atoms with Gasteiger partial charge in [0.05, 0.1) is 4.88 Å². The van der Waals surface area contributed by atoms with Crippen LogP contribution in [0.1, 0.15) is 27.2 Å². The minimum absolute atomic E-state index is 0.124. The molecule has 3 nitrogen and oxygen atoms in total. The van der Waals surface area contributed by atoms with E-state index >= 15 is 0 Å². The smallest absolute Gasteiger partial charge is 0.266 e. The normalized spacial score (nSPS) is 16.1. The quantitative estimate of drug-likeness (QED) is 0.837. The molecule has 1 aromatic carbocycles. The largest absolute Gasteiger partial charge is 0.281 e. The van der Waals surface area contributed by atoms with E-state index in [1.807, 2.05) is 17.5 Å². The third kappa shape index (κ3) is 2.74. The minimum Gasteiger partial charge on any atom is -0.266 e. The highest BCUT2D eigenvalue weighted by Crippen LogP contribution is 2.19. The van der Waals surface area contributed by atoms with Crippen LogP contribution in [0.3, 0.4) is 0 Å². The van der Waals surface area contributed by atoms with Crippen LogP contribution in [0, 0.1) is 0 Å². The van der Waals surface area contributed by atoms with E-state index in [9.17, 15) is 4.79 Å². The van der Waals surface area contributed by atoms with Crippen molar-refractivity contribution in [1.82, 2.24) is 5.43 Å². The summed E-state index contributed by atoms with van der Waals surface area (Å²) in [5, 5.41) is 6.15. The number of thiophene rings is 1. The summed E-state index contributed by atoms with van der Waals surface area (Å²) in [6.45, 7) is 0. The number of hydrazone groups is 1. The van der Waals surface area contributed by atoms with Gasteiger partial charge in [-0.1, -0.05) is 30.3 Å². The molecule has 0 unspecified atom stereocenters. The number of hydrogen-bond donors (Lipinski definition) is 1. The molecule has 1 aliphatic rings. The molecule has 1 aromatic heterocycles. The van der Waals surface area contributed by atoms with E-state index in [4.69, 9.17) is 0 Å². The van der Waals surface area contributed by atoms with E-state index in [1.54, 1.807) is 6.07 Å². The van der Waals surface area contributed by atoms with Crippen molar-refractivity contribution in [3.8, 4) is 0 Å². The second-order valence-electron chi connectivity index (χ2n) is 4.54. The van der Waals surface area contributed by atoms with Crippen molar-refractivity contribution in [1.29, 1.82) is 0 Å². The Morgan fingerprint density at radius 3 is 2.74 bits per heavy atom. The third-order valence-corrected chi connectivity index (χ3v) is 4.12. The van der Waals surface area contributed by atoms with Gasteiger partial charge in [0.25, 0.3) is 5.91 Å². The molecular formula is C15H14N2OS. The lowest BCUT2D eigenvalue weighted by atomic mass is 9.90. The molecule has 0 atom stereocenters. The Labute approximate surface area is 116 Å². The van der Waals surface area contributed by atoms with Crippen LogP contribution in [-0.4, -0.2) is 11.6 Å². The van der Waals surface area contributed by atoms with Gasteiger partial charge >= 0.3 is 0 Å². The zero-order valence-corrected chi connectivity index (χ0v) is 11.2. The first-order valence-corrected chi connectivity index (χ1v) is 7.17. The van der Waals surface area contributed by atoms with Gasteiger partial charge in [0.15, 0.2) is 0 Å². The SMILES string of the molecule is O=C(N/N=C1\CCc2ccccc2C1)c1cccs1. The fourth-order valence-electron chi connectivity index (χ4n) is 2.25. The van der Waals surface area contributed by atoms with Crippen molar-refractivity contribution in [2.24, 2.45) is 5.10 Å². The molecule has 0 saturated heterocycles. The number of benzene rings is 1. The third-order valence-electron chi connectivity index (χ3n) is 3.26. The molecule has 0 saturated carbocycles. The van der Waals surface area contributed by atoms with Gasteiger partial charge in [-0.05, 0) is 35.4 Å². The first-order chi connectivity index (χ1) is 9.33. The van der Waals surface area contributed by atoms with Gasteiger partial charge in [0, 0.05) is 12.1 Å². The first-order valence-electron chi connectivity index (χ1n) is 6.29. The molecule has 19 heavy (non-hydrogen) atoms. The number of amides is 1. The van der Waals surface area contributed by atoms with Crippen LogP contribution < -0.4 is 5.43 Å². The molecule has 0 bridgehead atoms. The van der Waals surface area contributed by atoms with Gasteiger partial charge < -0.3 is 0 Å². The Balaban J connectivity index is 1.68. The zero-order chi connectivity index (χ0) is 13.1. The van der Waals surface area contributed by atoms with Gasteiger partial charge in [-0.3, -0.25) is 4.79 Å². The number of carbonyl (C=O) groups is 1. The summed E-state index contributed by atoms with van der Waals surface area (Å²) in [6.07, 6.45) is 2.76. The maximum Gasteiger partial charge on any atom is 0.281 e. The Bertz CT molecular complexity index is 617. The molecular weight excluding hydrogens is 256 g/mol. The van der Waals surface area contributed by atoms with Gasteiger partial charge in [0.2, 0.25) is 0 Å². The number of nitrogens with one attached hydrogen (secondary N) is 1. The molecule has 0 radical (unpaired) electrons. The molecule has 96 valence electrons. The van der Waals surface area contributed by atoms with Crippen molar-refractivity contribution >= 4 is 23.0 Å². The highest BCUT2D eigenvalue weighted by molar-refractivity contribution is 7.12. The lowest BCUT2D eigenvalue weighted by molar-refractivity contribution is 0.0958. The van der Waals surface area contributed by atoms with E-state index in [0.717, 1.165) is 25.0 Å². The van der Waals surface area contributed by atoms with Crippen molar-refractivity contribution in [2.45, 2.75) is 19.3 Å². The van der Waals surface area contributed by atoms with Crippen LogP contribution in [0.5, 0.6) is 0 Å². The minimum atomic E-state index is -0.124. The standard InChI is InChI=1S/C15H14N2OS/c18-15(14-6-3-9-19-14)17-16-13-8-7-11-4-1-2-5-12(11)10-13/h1-6,9H,7-8,10H2,(H,17,18)/b16-13+. The highest BCUT2D eigenvalue weighted by atomic mass is 32.1. The van der Waals surface area contributed by atoms with Gasteiger partial charge in [-0.25, -0.2) is 5.43 Å². The number of rotatable bonds is 2. The molecule has 0 aliphatic heterocycles. The van der Waals surface area contributed by atoms with Gasteiger partial charge in [0.1, 0.15) is 0 Å². The van der Waals surface area contributed by atoms with Gasteiger partial charge in [-0.2, -0.15) is 5.10 Å². The maximum atomic E-state index is 11.8. The molecule has 3 rings (SSSR count). The molecule has 4 heteroatoms. The second kappa shape index (κ2) is 5.36. The Kier molecular flexibility index (Phi) is 3.42. The van der Waals surface area contributed by atoms with E-state index in [1.165, 1.54) is 22.5 Å². The molecule has 0 spiro atoms. The number of nitrogens with zero attached hydrogens (tertiary/aromatic N) is 1. The summed E-state index contributed by atoms with van der Waals surface area (Å²) in [5.74, 6) is -0.124. The van der Waals surface area contributed by atoms with E-state index in [0.29, 0.717) is 4.88 Å². The summed E-state index contributed by atoms with van der Waals surface area (Å²) in [5.41, 5.74) is 6.40. The fraction of sp³-hybridized carbons (Fsp3) is 0.200. The topological polar surface area (TPSA) is 41.5 Å². The van der Waals surface area contributed by atoms with E-state index in [2.05, 4.69) is 28.7 Å².